The lowest BCUT2D eigenvalue weighted by Gasteiger charge is -2.20. The number of aromatic nitrogens is 2. The molecule has 0 radical (unpaired) electrons. The summed E-state index contributed by atoms with van der Waals surface area (Å²) in [5, 5.41) is 0.632. The van der Waals surface area contributed by atoms with Gasteiger partial charge >= 0.3 is 6.18 Å². The average molecular weight is 317 g/mol. The number of pyridine rings is 2. The molecule has 0 saturated heterocycles. The molecule has 118 valence electrons. The van der Waals surface area contributed by atoms with Gasteiger partial charge in [0.15, 0.2) is 0 Å². The van der Waals surface area contributed by atoms with E-state index < -0.39 is 12.2 Å². The molecule has 0 spiro atoms. The van der Waals surface area contributed by atoms with Gasteiger partial charge in [0.2, 0.25) is 0 Å². The van der Waals surface area contributed by atoms with Gasteiger partial charge in [0, 0.05) is 28.9 Å². The maximum absolute atomic E-state index is 13.1. The van der Waals surface area contributed by atoms with Gasteiger partial charge in [-0.25, -0.2) is 4.98 Å². The van der Waals surface area contributed by atoms with E-state index in [0.717, 1.165) is 5.56 Å². The van der Waals surface area contributed by atoms with Crippen LogP contribution in [0.2, 0.25) is 0 Å². The first-order chi connectivity index (χ1) is 10.9. The molecule has 0 saturated carbocycles. The molecule has 2 aromatic heterocycles. The van der Waals surface area contributed by atoms with E-state index in [0.29, 0.717) is 16.5 Å². The minimum Gasteiger partial charge on any atom is -0.316 e. The highest BCUT2D eigenvalue weighted by atomic mass is 19.4. The van der Waals surface area contributed by atoms with Crippen LogP contribution in [0.15, 0.2) is 48.8 Å². The molecule has 2 heterocycles. The predicted molar refractivity (Wildman–Crippen MR) is 82.7 cm³/mol. The first-order valence-electron chi connectivity index (χ1n) is 7.01. The van der Waals surface area contributed by atoms with Gasteiger partial charge in [-0.05, 0) is 30.7 Å². The van der Waals surface area contributed by atoms with E-state index in [1.807, 2.05) is 13.0 Å². The highest BCUT2D eigenvalue weighted by Crippen LogP contribution is 2.37. The number of alkyl halides is 3. The Morgan fingerprint density at radius 3 is 2.57 bits per heavy atom. The summed E-state index contributed by atoms with van der Waals surface area (Å²) in [5.41, 5.74) is 7.67. The minimum atomic E-state index is -4.55. The van der Waals surface area contributed by atoms with Gasteiger partial charge in [0.1, 0.15) is 6.04 Å². The smallest absolute Gasteiger partial charge is 0.316 e. The molecular weight excluding hydrogens is 303 g/mol. The molecule has 0 aliphatic carbocycles. The quantitative estimate of drug-likeness (QED) is 0.772. The van der Waals surface area contributed by atoms with Gasteiger partial charge in [-0.15, -0.1) is 0 Å². The number of hydrogen-bond donors (Lipinski definition) is 1. The Morgan fingerprint density at radius 2 is 1.91 bits per heavy atom. The van der Waals surface area contributed by atoms with Crippen LogP contribution in [-0.4, -0.2) is 16.1 Å². The first-order valence-corrected chi connectivity index (χ1v) is 7.01. The molecule has 23 heavy (non-hydrogen) atoms. The van der Waals surface area contributed by atoms with Crippen molar-refractivity contribution < 1.29 is 13.2 Å². The van der Waals surface area contributed by atoms with Gasteiger partial charge < -0.3 is 5.73 Å². The number of aryl methyl sites for hydroxylation is 1. The van der Waals surface area contributed by atoms with Crippen molar-refractivity contribution >= 4 is 10.9 Å². The molecule has 0 unspecified atom stereocenters. The summed E-state index contributed by atoms with van der Waals surface area (Å²) in [5.74, 6) is 0. The summed E-state index contributed by atoms with van der Waals surface area (Å²) in [6, 6.07) is 8.08. The standard InChI is InChI=1S/C17H14F3N3/c1-10-4-2-5-11-8-13(16(21)17(18,19)20)15(23-14(10)11)12-6-3-7-22-9-12/h2-9,16H,21H2,1H3/t16-/m1/s1. The lowest BCUT2D eigenvalue weighted by molar-refractivity contribution is -0.149. The number of nitrogens with two attached hydrogens (primary N) is 1. The monoisotopic (exact) mass is 317 g/mol. The molecule has 0 aliphatic rings. The lowest BCUT2D eigenvalue weighted by atomic mass is 9.98. The van der Waals surface area contributed by atoms with Gasteiger partial charge in [-0.1, -0.05) is 18.2 Å². The maximum Gasteiger partial charge on any atom is 0.407 e. The molecule has 3 aromatic rings. The average Bonchev–Trinajstić information content (AvgIpc) is 2.53. The maximum atomic E-state index is 13.1. The van der Waals surface area contributed by atoms with E-state index >= 15 is 0 Å². The summed E-state index contributed by atoms with van der Waals surface area (Å²) < 4.78 is 39.4. The normalized spacial score (nSPS) is 13.3. The van der Waals surface area contributed by atoms with Crippen LogP contribution in [0.25, 0.3) is 22.2 Å². The Labute approximate surface area is 131 Å². The molecule has 0 bridgehead atoms. The van der Waals surface area contributed by atoms with Crippen LogP contribution >= 0.6 is 0 Å². The number of para-hydroxylation sites is 1. The lowest BCUT2D eigenvalue weighted by Crippen LogP contribution is -2.29. The topological polar surface area (TPSA) is 51.8 Å². The predicted octanol–water partition coefficient (Wildman–Crippen LogP) is 4.17. The molecule has 1 aromatic carbocycles. The third kappa shape index (κ3) is 2.90. The second-order valence-corrected chi connectivity index (χ2v) is 5.33. The number of hydrogen-bond acceptors (Lipinski definition) is 3. The number of fused-ring (bicyclic) bond motifs is 1. The van der Waals surface area contributed by atoms with Gasteiger partial charge in [0.25, 0.3) is 0 Å². The van der Waals surface area contributed by atoms with Crippen LogP contribution < -0.4 is 5.73 Å². The molecule has 6 heteroatoms. The zero-order chi connectivity index (χ0) is 16.6. The number of benzene rings is 1. The minimum absolute atomic E-state index is 0.0522. The highest BCUT2D eigenvalue weighted by Gasteiger charge is 2.39. The Bertz CT molecular complexity index is 845. The van der Waals surface area contributed by atoms with E-state index in [9.17, 15) is 13.2 Å². The third-order valence-electron chi connectivity index (χ3n) is 3.70. The number of nitrogens with zero attached hydrogens (tertiary/aromatic N) is 2. The molecular formula is C17H14F3N3. The Hall–Kier alpha value is -2.47. The van der Waals surface area contributed by atoms with Gasteiger partial charge in [0.05, 0.1) is 11.2 Å². The van der Waals surface area contributed by atoms with Crippen molar-refractivity contribution in [2.45, 2.75) is 19.1 Å². The van der Waals surface area contributed by atoms with Crippen LogP contribution in [-0.2, 0) is 0 Å². The van der Waals surface area contributed by atoms with Gasteiger partial charge in [-0.2, -0.15) is 13.2 Å². The van der Waals surface area contributed by atoms with Crippen LogP contribution in [0, 0.1) is 6.92 Å². The van der Waals surface area contributed by atoms with Crippen LogP contribution in [0.1, 0.15) is 17.2 Å². The Morgan fingerprint density at radius 1 is 1.13 bits per heavy atom. The second-order valence-electron chi connectivity index (χ2n) is 5.33. The summed E-state index contributed by atoms with van der Waals surface area (Å²) >= 11 is 0. The fraction of sp³-hybridized carbons (Fsp3) is 0.176. The molecule has 3 nitrogen and oxygen atoms in total. The molecule has 0 aliphatic heterocycles. The Balaban J connectivity index is 2.32. The second kappa shape index (κ2) is 5.62. The molecule has 3 rings (SSSR count). The molecule has 1 atom stereocenters. The first kappa shape index (κ1) is 15.4. The van der Waals surface area contributed by atoms with Crippen molar-refractivity contribution in [3.63, 3.8) is 0 Å². The molecule has 0 fully saturated rings. The largest absolute Gasteiger partial charge is 0.407 e. The van der Waals surface area contributed by atoms with E-state index in [1.165, 1.54) is 12.3 Å². The van der Waals surface area contributed by atoms with Crippen LogP contribution in [0.4, 0.5) is 13.2 Å². The summed E-state index contributed by atoms with van der Waals surface area (Å²) in [7, 11) is 0. The van der Waals surface area contributed by atoms with Gasteiger partial charge in [-0.3, -0.25) is 4.98 Å². The zero-order valence-electron chi connectivity index (χ0n) is 12.3. The zero-order valence-corrected chi connectivity index (χ0v) is 12.3. The van der Waals surface area contributed by atoms with Crippen molar-refractivity contribution in [3.8, 4) is 11.3 Å². The molecule has 2 N–H and O–H groups in total. The fourth-order valence-electron chi connectivity index (χ4n) is 2.51. The summed E-state index contributed by atoms with van der Waals surface area (Å²) in [6.45, 7) is 1.87. The Kier molecular flexibility index (Phi) is 3.77. The third-order valence-corrected chi connectivity index (χ3v) is 3.70. The summed E-state index contributed by atoms with van der Waals surface area (Å²) in [6.07, 6.45) is -1.51. The van der Waals surface area contributed by atoms with E-state index in [2.05, 4.69) is 9.97 Å². The number of halogens is 3. The van der Waals surface area contributed by atoms with Crippen molar-refractivity contribution in [1.29, 1.82) is 0 Å². The molecule has 0 amide bonds. The van der Waals surface area contributed by atoms with Crippen molar-refractivity contribution in [2.75, 3.05) is 0 Å². The van der Waals surface area contributed by atoms with Crippen LogP contribution in [0.3, 0.4) is 0 Å². The van der Waals surface area contributed by atoms with Crippen molar-refractivity contribution in [1.82, 2.24) is 9.97 Å². The van der Waals surface area contributed by atoms with E-state index in [-0.39, 0.29) is 11.3 Å². The van der Waals surface area contributed by atoms with E-state index in [4.69, 9.17) is 5.73 Å². The number of rotatable bonds is 2. The van der Waals surface area contributed by atoms with Crippen LogP contribution in [0.5, 0.6) is 0 Å². The highest BCUT2D eigenvalue weighted by molar-refractivity contribution is 5.86. The van der Waals surface area contributed by atoms with Crippen molar-refractivity contribution in [3.05, 3.63) is 59.9 Å². The SMILES string of the molecule is Cc1cccc2cc([C@@H](N)C(F)(F)F)c(-c3cccnc3)nc12. The fourth-order valence-corrected chi connectivity index (χ4v) is 2.51. The van der Waals surface area contributed by atoms with Crippen molar-refractivity contribution in [2.24, 2.45) is 5.73 Å². The van der Waals surface area contributed by atoms with E-state index in [1.54, 1.807) is 30.5 Å². The summed E-state index contributed by atoms with van der Waals surface area (Å²) in [4.78, 5) is 8.42.